The molecule has 4 nitrogen and oxygen atoms in total. The van der Waals surface area contributed by atoms with Gasteiger partial charge in [-0.25, -0.2) is 0 Å². The first kappa shape index (κ1) is 17.3. The first-order valence-corrected chi connectivity index (χ1v) is 9.04. The van der Waals surface area contributed by atoms with Crippen LogP contribution in [0.15, 0.2) is 54.6 Å². The standard InChI is InChI=1S/C21H26N2O2/c1-16(21(24)23-18-9-5-6-10-18)22-19-11-13-20(14-12-19)25-15-17-7-3-2-4-8-17/h2-4,7-8,11-14,16,18,22H,5-6,9-10,15H2,1H3,(H,23,24)/t16-/m0/s1. The highest BCUT2D eigenvalue weighted by Crippen LogP contribution is 2.19. The topological polar surface area (TPSA) is 50.4 Å². The van der Waals surface area contributed by atoms with E-state index in [1.807, 2.05) is 61.5 Å². The third kappa shape index (κ3) is 5.24. The van der Waals surface area contributed by atoms with E-state index in [9.17, 15) is 4.79 Å². The summed E-state index contributed by atoms with van der Waals surface area (Å²) in [5, 5.41) is 6.37. The fourth-order valence-corrected chi connectivity index (χ4v) is 3.10. The van der Waals surface area contributed by atoms with Gasteiger partial charge in [-0.05, 0) is 49.6 Å². The first-order valence-electron chi connectivity index (χ1n) is 9.04. The summed E-state index contributed by atoms with van der Waals surface area (Å²) in [6.07, 6.45) is 4.65. The molecule has 0 unspecified atom stereocenters. The molecule has 2 aromatic rings. The third-order valence-corrected chi connectivity index (χ3v) is 4.58. The molecule has 4 heteroatoms. The first-order chi connectivity index (χ1) is 12.2. The molecule has 0 spiro atoms. The van der Waals surface area contributed by atoms with Gasteiger partial charge < -0.3 is 15.4 Å². The minimum atomic E-state index is -0.253. The molecular formula is C21H26N2O2. The Labute approximate surface area is 149 Å². The Morgan fingerprint density at radius 1 is 1.08 bits per heavy atom. The smallest absolute Gasteiger partial charge is 0.242 e. The van der Waals surface area contributed by atoms with E-state index in [0.29, 0.717) is 12.6 Å². The lowest BCUT2D eigenvalue weighted by molar-refractivity contribution is -0.122. The van der Waals surface area contributed by atoms with Crippen LogP contribution in [0.3, 0.4) is 0 Å². The van der Waals surface area contributed by atoms with Crippen LogP contribution in [0.5, 0.6) is 5.75 Å². The van der Waals surface area contributed by atoms with Crippen molar-refractivity contribution in [3.05, 3.63) is 60.2 Å². The summed E-state index contributed by atoms with van der Waals surface area (Å²) in [7, 11) is 0. The predicted molar refractivity (Wildman–Crippen MR) is 101 cm³/mol. The van der Waals surface area contributed by atoms with Crippen LogP contribution in [0.25, 0.3) is 0 Å². The van der Waals surface area contributed by atoms with Crippen LogP contribution in [0.2, 0.25) is 0 Å². The Balaban J connectivity index is 1.47. The van der Waals surface area contributed by atoms with E-state index in [0.717, 1.165) is 29.8 Å². The molecule has 132 valence electrons. The summed E-state index contributed by atoms with van der Waals surface area (Å²) in [6.45, 7) is 2.44. The molecule has 0 aliphatic heterocycles. The molecule has 1 saturated carbocycles. The summed E-state index contributed by atoms with van der Waals surface area (Å²) in [5.74, 6) is 0.883. The number of carbonyl (C=O) groups is 1. The van der Waals surface area contributed by atoms with Crippen molar-refractivity contribution in [3.63, 3.8) is 0 Å². The molecule has 3 rings (SSSR count). The number of hydrogen-bond acceptors (Lipinski definition) is 3. The van der Waals surface area contributed by atoms with Crippen LogP contribution >= 0.6 is 0 Å². The second-order valence-electron chi connectivity index (χ2n) is 6.65. The van der Waals surface area contributed by atoms with E-state index in [1.54, 1.807) is 0 Å². The normalized spacial score (nSPS) is 15.6. The van der Waals surface area contributed by atoms with E-state index >= 15 is 0 Å². The van der Waals surface area contributed by atoms with E-state index in [4.69, 9.17) is 4.74 Å². The second kappa shape index (κ2) is 8.56. The Morgan fingerprint density at radius 2 is 1.76 bits per heavy atom. The summed E-state index contributed by atoms with van der Waals surface area (Å²) in [6, 6.07) is 17.9. The molecule has 0 bridgehead atoms. The molecule has 1 aliphatic carbocycles. The Morgan fingerprint density at radius 3 is 2.44 bits per heavy atom. The molecule has 0 aromatic heterocycles. The van der Waals surface area contributed by atoms with E-state index < -0.39 is 0 Å². The summed E-state index contributed by atoms with van der Waals surface area (Å²) in [4.78, 5) is 12.2. The maximum atomic E-state index is 12.2. The monoisotopic (exact) mass is 338 g/mol. The SMILES string of the molecule is C[C@H](Nc1ccc(OCc2ccccc2)cc1)C(=O)NC1CCCC1. The van der Waals surface area contributed by atoms with Crippen molar-refractivity contribution in [1.82, 2.24) is 5.32 Å². The van der Waals surface area contributed by atoms with Gasteiger partial charge in [0.25, 0.3) is 0 Å². The molecule has 0 heterocycles. The molecule has 2 N–H and O–H groups in total. The number of hydrogen-bond donors (Lipinski definition) is 2. The lowest BCUT2D eigenvalue weighted by atomic mass is 10.2. The zero-order valence-electron chi connectivity index (χ0n) is 14.7. The van der Waals surface area contributed by atoms with Crippen molar-refractivity contribution in [1.29, 1.82) is 0 Å². The van der Waals surface area contributed by atoms with Crippen LogP contribution in [-0.2, 0) is 11.4 Å². The van der Waals surface area contributed by atoms with Crippen LogP contribution in [-0.4, -0.2) is 18.0 Å². The predicted octanol–water partition coefficient (Wildman–Crippen LogP) is 4.12. The lowest BCUT2D eigenvalue weighted by Gasteiger charge is -2.18. The number of nitrogens with one attached hydrogen (secondary N) is 2. The van der Waals surface area contributed by atoms with Gasteiger partial charge in [-0.15, -0.1) is 0 Å². The average Bonchev–Trinajstić information content (AvgIpc) is 3.15. The van der Waals surface area contributed by atoms with Gasteiger partial charge in [0.1, 0.15) is 18.4 Å². The highest BCUT2D eigenvalue weighted by atomic mass is 16.5. The molecule has 0 radical (unpaired) electrons. The highest BCUT2D eigenvalue weighted by Gasteiger charge is 2.20. The summed E-state index contributed by atoms with van der Waals surface area (Å²) < 4.78 is 5.78. The van der Waals surface area contributed by atoms with Crippen LogP contribution in [0.1, 0.15) is 38.2 Å². The zero-order valence-corrected chi connectivity index (χ0v) is 14.7. The van der Waals surface area contributed by atoms with Crippen LogP contribution < -0.4 is 15.4 Å². The molecule has 1 amide bonds. The summed E-state index contributed by atoms with van der Waals surface area (Å²) in [5.41, 5.74) is 2.06. The maximum Gasteiger partial charge on any atom is 0.242 e. The molecule has 2 aromatic carbocycles. The van der Waals surface area contributed by atoms with Crippen LogP contribution in [0, 0.1) is 0 Å². The van der Waals surface area contributed by atoms with Gasteiger partial charge in [0.15, 0.2) is 0 Å². The van der Waals surface area contributed by atoms with Gasteiger partial charge in [-0.2, -0.15) is 0 Å². The van der Waals surface area contributed by atoms with Crippen molar-refractivity contribution in [2.24, 2.45) is 0 Å². The van der Waals surface area contributed by atoms with Gasteiger partial charge in [0.2, 0.25) is 5.91 Å². The fourth-order valence-electron chi connectivity index (χ4n) is 3.10. The third-order valence-electron chi connectivity index (χ3n) is 4.58. The highest BCUT2D eigenvalue weighted by molar-refractivity contribution is 5.84. The van der Waals surface area contributed by atoms with Gasteiger partial charge in [-0.1, -0.05) is 43.2 Å². The van der Waals surface area contributed by atoms with Gasteiger partial charge in [0, 0.05) is 11.7 Å². The molecule has 1 fully saturated rings. The lowest BCUT2D eigenvalue weighted by Crippen LogP contribution is -2.42. The van der Waals surface area contributed by atoms with Crippen molar-refractivity contribution in [2.75, 3.05) is 5.32 Å². The van der Waals surface area contributed by atoms with E-state index in [2.05, 4.69) is 10.6 Å². The minimum Gasteiger partial charge on any atom is -0.489 e. The number of carbonyl (C=O) groups excluding carboxylic acids is 1. The Bertz CT molecular complexity index is 664. The zero-order chi connectivity index (χ0) is 17.5. The fraction of sp³-hybridized carbons (Fsp3) is 0.381. The Hall–Kier alpha value is -2.49. The van der Waals surface area contributed by atoms with Crippen molar-refractivity contribution in [3.8, 4) is 5.75 Å². The molecule has 1 aliphatic rings. The molecule has 25 heavy (non-hydrogen) atoms. The van der Waals surface area contributed by atoms with E-state index in [1.165, 1.54) is 12.8 Å². The number of ether oxygens (including phenoxy) is 1. The van der Waals surface area contributed by atoms with E-state index in [-0.39, 0.29) is 11.9 Å². The van der Waals surface area contributed by atoms with Crippen LogP contribution in [0.4, 0.5) is 5.69 Å². The van der Waals surface area contributed by atoms with Crippen molar-refractivity contribution in [2.45, 2.75) is 51.3 Å². The molecule has 1 atom stereocenters. The average molecular weight is 338 g/mol. The quantitative estimate of drug-likeness (QED) is 0.798. The number of anilines is 1. The second-order valence-corrected chi connectivity index (χ2v) is 6.65. The maximum absolute atomic E-state index is 12.2. The largest absolute Gasteiger partial charge is 0.489 e. The molecule has 0 saturated heterocycles. The minimum absolute atomic E-state index is 0.0660. The number of rotatable bonds is 7. The van der Waals surface area contributed by atoms with Crippen molar-refractivity contribution < 1.29 is 9.53 Å². The Kier molecular flexibility index (Phi) is 5.94. The number of benzene rings is 2. The van der Waals surface area contributed by atoms with Gasteiger partial charge in [-0.3, -0.25) is 4.79 Å². The molecular weight excluding hydrogens is 312 g/mol. The van der Waals surface area contributed by atoms with Crippen molar-refractivity contribution >= 4 is 11.6 Å². The number of amides is 1. The van der Waals surface area contributed by atoms with Gasteiger partial charge in [0.05, 0.1) is 0 Å². The van der Waals surface area contributed by atoms with Gasteiger partial charge >= 0.3 is 0 Å². The summed E-state index contributed by atoms with van der Waals surface area (Å²) >= 11 is 0.